The summed E-state index contributed by atoms with van der Waals surface area (Å²) in [6.07, 6.45) is -0.881. The second-order valence-corrected chi connectivity index (χ2v) is 8.70. The number of hydrogen-bond acceptors (Lipinski definition) is 7. The van der Waals surface area contributed by atoms with E-state index in [1.807, 2.05) is 0 Å². The molecule has 0 amide bonds. The van der Waals surface area contributed by atoms with Gasteiger partial charge in [-0.3, -0.25) is 4.90 Å². The predicted molar refractivity (Wildman–Crippen MR) is 117 cm³/mol. The maximum atomic E-state index is 15.4. The van der Waals surface area contributed by atoms with E-state index >= 15 is 4.39 Å². The van der Waals surface area contributed by atoms with Gasteiger partial charge < -0.3 is 25.6 Å². The highest BCUT2D eigenvalue weighted by Crippen LogP contribution is 2.42. The van der Waals surface area contributed by atoms with E-state index in [-0.39, 0.29) is 48.0 Å². The second kappa shape index (κ2) is 9.17. The lowest BCUT2D eigenvalue weighted by Crippen LogP contribution is -2.55. The Bertz CT molecular complexity index is 1040. The van der Waals surface area contributed by atoms with Gasteiger partial charge in [0.15, 0.2) is 11.6 Å². The molecule has 4 rings (SSSR count). The molecule has 2 heterocycles. The zero-order valence-electron chi connectivity index (χ0n) is 18.2. The molecule has 1 aliphatic heterocycles. The number of hydrogen-bond donors (Lipinski definition) is 3. The number of nitrogens with two attached hydrogens (primary N) is 1. The van der Waals surface area contributed by atoms with E-state index in [1.165, 1.54) is 7.11 Å². The fourth-order valence-electron chi connectivity index (χ4n) is 4.46. The number of benzene rings is 1. The lowest BCUT2D eigenvalue weighted by molar-refractivity contribution is -0.0555. The van der Waals surface area contributed by atoms with Crippen LogP contribution in [0.5, 0.6) is 11.5 Å². The van der Waals surface area contributed by atoms with E-state index in [0.717, 1.165) is 5.56 Å². The topological polar surface area (TPSA) is 92.9 Å². The molecule has 0 saturated heterocycles. The fraction of sp³-hybridized carbons (Fsp3) is 0.500. The molecule has 2 aliphatic rings. The van der Waals surface area contributed by atoms with Crippen molar-refractivity contribution < 1.29 is 27.8 Å². The third kappa shape index (κ3) is 4.44. The molecule has 11 heteroatoms. The van der Waals surface area contributed by atoms with E-state index in [9.17, 15) is 13.9 Å². The molecule has 180 valence electrons. The van der Waals surface area contributed by atoms with Gasteiger partial charge in [0.25, 0.3) is 5.92 Å². The van der Waals surface area contributed by atoms with E-state index in [4.69, 9.17) is 26.8 Å². The smallest absolute Gasteiger partial charge is 0.264 e. The summed E-state index contributed by atoms with van der Waals surface area (Å²) in [4.78, 5) is 5.63. The molecule has 1 saturated carbocycles. The molecule has 2 aromatic rings. The van der Waals surface area contributed by atoms with Crippen molar-refractivity contribution in [2.24, 2.45) is 5.73 Å². The molecule has 7 nitrogen and oxygen atoms in total. The van der Waals surface area contributed by atoms with Crippen LogP contribution in [0.25, 0.3) is 0 Å². The van der Waals surface area contributed by atoms with Crippen LogP contribution >= 0.6 is 11.6 Å². The Hall–Kier alpha value is -2.27. The van der Waals surface area contributed by atoms with Crippen LogP contribution in [-0.4, -0.2) is 47.2 Å². The Morgan fingerprint density at radius 2 is 2.09 bits per heavy atom. The summed E-state index contributed by atoms with van der Waals surface area (Å²) in [5, 5.41) is 13.5. The molecule has 0 bridgehead atoms. The van der Waals surface area contributed by atoms with Crippen molar-refractivity contribution in [1.29, 1.82) is 0 Å². The number of rotatable bonds is 6. The summed E-state index contributed by atoms with van der Waals surface area (Å²) in [5.74, 6) is -2.86. The zero-order chi connectivity index (χ0) is 23.9. The van der Waals surface area contributed by atoms with Crippen molar-refractivity contribution in [3.8, 4) is 11.5 Å². The summed E-state index contributed by atoms with van der Waals surface area (Å²) >= 11 is 6.29. The number of pyridine rings is 1. The van der Waals surface area contributed by atoms with Crippen LogP contribution < -0.4 is 20.5 Å². The first kappa shape index (κ1) is 23.9. The highest BCUT2D eigenvalue weighted by atomic mass is 35.5. The Morgan fingerprint density at radius 3 is 2.79 bits per heavy atom. The largest absolute Gasteiger partial charge is 0.497 e. The third-order valence-electron chi connectivity index (χ3n) is 6.33. The number of methoxy groups -OCH3 is 2. The molecule has 1 fully saturated rings. The molecular formula is C22H26ClF3N4O3. The van der Waals surface area contributed by atoms with Crippen LogP contribution in [0.15, 0.2) is 18.2 Å². The average molecular weight is 487 g/mol. The minimum absolute atomic E-state index is 0.0430. The zero-order valence-corrected chi connectivity index (χ0v) is 19.0. The van der Waals surface area contributed by atoms with Crippen LogP contribution in [-0.2, 0) is 13.1 Å². The number of aromatic nitrogens is 1. The van der Waals surface area contributed by atoms with E-state index in [1.54, 1.807) is 30.2 Å². The first-order chi connectivity index (χ1) is 15.7. The van der Waals surface area contributed by atoms with Crippen molar-refractivity contribution in [1.82, 2.24) is 9.88 Å². The van der Waals surface area contributed by atoms with E-state index < -0.39 is 30.1 Å². The van der Waals surface area contributed by atoms with Crippen molar-refractivity contribution in [2.75, 3.05) is 19.5 Å². The Balaban J connectivity index is 1.58. The molecule has 4 N–H and O–H groups in total. The second-order valence-electron chi connectivity index (χ2n) is 8.34. The van der Waals surface area contributed by atoms with Gasteiger partial charge in [-0.05, 0) is 18.9 Å². The maximum Gasteiger partial charge on any atom is 0.264 e. The lowest BCUT2D eigenvalue weighted by Gasteiger charge is -2.36. The average Bonchev–Trinajstić information content (AvgIpc) is 3.12. The minimum Gasteiger partial charge on any atom is -0.497 e. The van der Waals surface area contributed by atoms with Gasteiger partial charge in [0.1, 0.15) is 22.9 Å². The fourth-order valence-corrected chi connectivity index (χ4v) is 4.75. The molecular weight excluding hydrogens is 461 g/mol. The molecule has 3 atom stereocenters. The maximum absolute atomic E-state index is 15.4. The van der Waals surface area contributed by atoms with Gasteiger partial charge in [-0.25, -0.2) is 18.2 Å². The van der Waals surface area contributed by atoms with Gasteiger partial charge in [0.2, 0.25) is 0 Å². The molecule has 1 aliphatic carbocycles. The molecule has 1 aromatic heterocycles. The number of nitrogens with one attached hydrogen (secondary N) is 1. The molecule has 33 heavy (non-hydrogen) atoms. The van der Waals surface area contributed by atoms with Crippen LogP contribution in [0.4, 0.5) is 19.0 Å². The van der Waals surface area contributed by atoms with Crippen molar-refractivity contribution in [3.63, 3.8) is 0 Å². The minimum atomic E-state index is -3.04. The van der Waals surface area contributed by atoms with Crippen LogP contribution in [0.1, 0.15) is 42.2 Å². The Morgan fingerprint density at radius 1 is 1.33 bits per heavy atom. The summed E-state index contributed by atoms with van der Waals surface area (Å²) in [6.45, 7) is 0.280. The standard InChI is InChI=1S/C22H26ClF3N4O3/c1-32-12-6-5-11(15(8-12)33-2)9-30-10-13-16(21(30)31)19(23)29-20(17(13)24)28-14-4-3-7-22(25,26)18(14)27/h5-6,8,14,18,21,31H,3-4,7,9-10,27H2,1-2H3,(H,28,29). The van der Waals surface area contributed by atoms with Crippen LogP contribution in [0, 0.1) is 5.82 Å². The van der Waals surface area contributed by atoms with Crippen LogP contribution in [0.2, 0.25) is 5.15 Å². The van der Waals surface area contributed by atoms with E-state index in [2.05, 4.69) is 10.3 Å². The van der Waals surface area contributed by atoms with Gasteiger partial charge in [-0.1, -0.05) is 17.7 Å². The van der Waals surface area contributed by atoms with Gasteiger partial charge in [0.05, 0.1) is 20.3 Å². The van der Waals surface area contributed by atoms with Gasteiger partial charge in [0, 0.05) is 48.3 Å². The molecule has 0 spiro atoms. The Kier molecular flexibility index (Phi) is 6.63. The third-order valence-corrected chi connectivity index (χ3v) is 6.62. The SMILES string of the molecule is COc1ccc(CN2Cc3c(F)c(NC4CCCC(F)(F)C4N)nc(Cl)c3C2O)c(OC)c1. The van der Waals surface area contributed by atoms with Crippen molar-refractivity contribution in [2.45, 2.75) is 56.6 Å². The Labute approximate surface area is 194 Å². The number of halogens is 4. The number of aliphatic hydroxyl groups excluding tert-OH is 1. The van der Waals surface area contributed by atoms with Crippen molar-refractivity contribution in [3.05, 3.63) is 45.9 Å². The highest BCUT2D eigenvalue weighted by Gasteiger charge is 2.45. The van der Waals surface area contributed by atoms with Gasteiger partial charge in [-0.2, -0.15) is 0 Å². The monoisotopic (exact) mass is 486 g/mol. The molecule has 3 unspecified atom stereocenters. The number of anilines is 1. The first-order valence-electron chi connectivity index (χ1n) is 10.6. The van der Waals surface area contributed by atoms with Gasteiger partial charge >= 0.3 is 0 Å². The molecule has 0 radical (unpaired) electrons. The van der Waals surface area contributed by atoms with E-state index in [0.29, 0.717) is 17.9 Å². The summed E-state index contributed by atoms with van der Waals surface area (Å²) < 4.78 is 54.0. The lowest BCUT2D eigenvalue weighted by atomic mass is 9.87. The molecule has 1 aromatic carbocycles. The number of fused-ring (bicyclic) bond motifs is 1. The number of aliphatic hydroxyl groups is 1. The summed E-state index contributed by atoms with van der Waals surface area (Å²) in [6, 6.07) is 2.94. The highest BCUT2D eigenvalue weighted by molar-refractivity contribution is 6.30. The van der Waals surface area contributed by atoms with Gasteiger partial charge in [-0.15, -0.1) is 0 Å². The first-order valence-corrected chi connectivity index (χ1v) is 10.9. The van der Waals surface area contributed by atoms with Crippen LogP contribution in [0.3, 0.4) is 0 Å². The quantitative estimate of drug-likeness (QED) is 0.534. The number of nitrogens with zero attached hydrogens (tertiary/aromatic N) is 2. The summed E-state index contributed by atoms with van der Waals surface area (Å²) in [7, 11) is 3.06. The van der Waals surface area contributed by atoms with Crippen molar-refractivity contribution >= 4 is 17.4 Å². The number of alkyl halides is 2. The number of ether oxygens (including phenoxy) is 2. The summed E-state index contributed by atoms with van der Waals surface area (Å²) in [5.41, 5.74) is 6.79. The predicted octanol–water partition coefficient (Wildman–Crippen LogP) is 3.83. The normalized spacial score (nSPS) is 24.4.